The lowest BCUT2D eigenvalue weighted by Gasteiger charge is -2.12. The van der Waals surface area contributed by atoms with Gasteiger partial charge in [-0.25, -0.2) is 9.07 Å². The number of benzene rings is 2. The van der Waals surface area contributed by atoms with E-state index in [0.29, 0.717) is 21.8 Å². The zero-order valence-corrected chi connectivity index (χ0v) is 17.3. The molecule has 5 nitrogen and oxygen atoms in total. The van der Waals surface area contributed by atoms with Crippen LogP contribution in [0.25, 0.3) is 11.8 Å². The first kappa shape index (κ1) is 19.4. The van der Waals surface area contributed by atoms with E-state index in [0.717, 1.165) is 11.8 Å². The molecule has 29 heavy (non-hydrogen) atoms. The van der Waals surface area contributed by atoms with Crippen molar-refractivity contribution in [2.24, 2.45) is 7.05 Å². The van der Waals surface area contributed by atoms with E-state index in [-0.39, 0.29) is 27.3 Å². The second-order valence-corrected chi connectivity index (χ2v) is 8.15. The van der Waals surface area contributed by atoms with Gasteiger partial charge in [0.05, 0.1) is 16.3 Å². The highest BCUT2D eigenvalue weighted by Crippen LogP contribution is 2.36. The molecule has 0 unspecified atom stereocenters. The minimum atomic E-state index is -0.365. The Morgan fingerprint density at radius 3 is 2.34 bits per heavy atom. The van der Waals surface area contributed by atoms with Crippen LogP contribution in [-0.4, -0.2) is 19.6 Å². The summed E-state index contributed by atoms with van der Waals surface area (Å²) in [4.78, 5) is 27.9. The lowest BCUT2D eigenvalue weighted by atomic mass is 10.2. The van der Waals surface area contributed by atoms with Crippen molar-refractivity contribution in [1.82, 2.24) is 9.36 Å². The Labute approximate surface area is 176 Å². The van der Waals surface area contributed by atoms with Gasteiger partial charge in [-0.2, -0.15) is 0 Å². The number of thioether (sulfide) groups is 1. The zero-order valence-electron chi connectivity index (χ0n) is 15.6. The van der Waals surface area contributed by atoms with Crippen LogP contribution in [0.2, 0.25) is 0 Å². The van der Waals surface area contributed by atoms with Crippen LogP contribution in [0.1, 0.15) is 11.3 Å². The van der Waals surface area contributed by atoms with Crippen LogP contribution < -0.4 is 10.5 Å². The van der Waals surface area contributed by atoms with Crippen LogP contribution in [0.5, 0.6) is 0 Å². The molecule has 1 amide bonds. The van der Waals surface area contributed by atoms with Gasteiger partial charge in [0.25, 0.3) is 11.5 Å². The van der Waals surface area contributed by atoms with E-state index < -0.39 is 0 Å². The molecule has 2 heterocycles. The van der Waals surface area contributed by atoms with Crippen molar-refractivity contribution in [2.75, 3.05) is 4.90 Å². The Bertz CT molecular complexity index is 1210. The molecular weight excluding hydrogens is 409 g/mol. The fraction of sp³-hybridized carbons (Fsp3) is 0.0952. The molecule has 4 rings (SSSR count). The molecule has 0 radical (unpaired) electrons. The predicted molar refractivity (Wildman–Crippen MR) is 118 cm³/mol. The van der Waals surface area contributed by atoms with Gasteiger partial charge in [0.15, 0.2) is 4.32 Å². The quantitative estimate of drug-likeness (QED) is 0.470. The Hall–Kier alpha value is -2.97. The SMILES string of the molecule is Cc1c(N2C(=O)C(=Cc3ccc(F)cc3)SC2=S)c(=O)n(-c2ccccc2)n1C. The lowest BCUT2D eigenvalue weighted by Crippen LogP contribution is -2.33. The maximum atomic E-state index is 13.2. The highest BCUT2D eigenvalue weighted by molar-refractivity contribution is 8.27. The normalized spacial score (nSPS) is 15.6. The van der Waals surface area contributed by atoms with Gasteiger partial charge in [-0.15, -0.1) is 0 Å². The van der Waals surface area contributed by atoms with Crippen LogP contribution in [0.4, 0.5) is 10.1 Å². The molecule has 0 saturated carbocycles. The summed E-state index contributed by atoms with van der Waals surface area (Å²) >= 11 is 6.53. The topological polar surface area (TPSA) is 47.2 Å². The van der Waals surface area contributed by atoms with E-state index in [2.05, 4.69) is 0 Å². The molecule has 0 atom stereocenters. The van der Waals surface area contributed by atoms with Crippen molar-refractivity contribution in [3.05, 3.63) is 86.9 Å². The van der Waals surface area contributed by atoms with E-state index >= 15 is 0 Å². The molecule has 1 aliphatic rings. The fourth-order valence-electron chi connectivity index (χ4n) is 3.18. The van der Waals surface area contributed by atoms with Crippen LogP contribution in [0, 0.1) is 12.7 Å². The van der Waals surface area contributed by atoms with Crippen molar-refractivity contribution in [1.29, 1.82) is 0 Å². The third-order valence-corrected chi connectivity index (χ3v) is 6.01. The summed E-state index contributed by atoms with van der Waals surface area (Å²) in [6, 6.07) is 15.0. The van der Waals surface area contributed by atoms with E-state index in [1.165, 1.54) is 21.7 Å². The first-order valence-electron chi connectivity index (χ1n) is 8.76. The van der Waals surface area contributed by atoms with Gasteiger partial charge < -0.3 is 0 Å². The maximum Gasteiger partial charge on any atom is 0.296 e. The maximum absolute atomic E-state index is 13.2. The smallest absolute Gasteiger partial charge is 0.283 e. The molecule has 0 aliphatic carbocycles. The van der Waals surface area contributed by atoms with E-state index in [9.17, 15) is 14.0 Å². The monoisotopic (exact) mass is 425 g/mol. The summed E-state index contributed by atoms with van der Waals surface area (Å²) in [5.74, 6) is -0.716. The molecule has 3 aromatic rings. The third-order valence-electron chi connectivity index (χ3n) is 4.71. The number of para-hydroxylation sites is 1. The molecule has 8 heteroatoms. The Morgan fingerprint density at radius 1 is 1.03 bits per heavy atom. The third kappa shape index (κ3) is 3.34. The molecule has 1 saturated heterocycles. The van der Waals surface area contributed by atoms with Crippen molar-refractivity contribution >= 4 is 46.0 Å². The molecule has 0 bridgehead atoms. The second-order valence-electron chi connectivity index (χ2n) is 6.48. The van der Waals surface area contributed by atoms with Gasteiger partial charge in [0.1, 0.15) is 11.5 Å². The van der Waals surface area contributed by atoms with E-state index in [4.69, 9.17) is 12.2 Å². The van der Waals surface area contributed by atoms with Gasteiger partial charge in [-0.1, -0.05) is 54.3 Å². The molecule has 146 valence electrons. The number of rotatable bonds is 3. The second kappa shape index (κ2) is 7.46. The highest BCUT2D eigenvalue weighted by atomic mass is 32.2. The van der Waals surface area contributed by atoms with E-state index in [1.807, 2.05) is 30.3 Å². The molecule has 0 N–H and O–H groups in total. The summed E-state index contributed by atoms with van der Waals surface area (Å²) in [7, 11) is 1.76. The number of nitrogens with zero attached hydrogens (tertiary/aromatic N) is 3. The first-order valence-corrected chi connectivity index (χ1v) is 9.98. The Balaban J connectivity index is 1.78. The van der Waals surface area contributed by atoms with E-state index in [1.54, 1.807) is 36.9 Å². The van der Waals surface area contributed by atoms with Gasteiger partial charge in [-0.05, 0) is 42.8 Å². The average molecular weight is 426 g/mol. The molecular formula is C21H16FN3O2S2. The predicted octanol–water partition coefficient (Wildman–Crippen LogP) is 4.03. The van der Waals surface area contributed by atoms with Crippen molar-refractivity contribution < 1.29 is 9.18 Å². The first-order chi connectivity index (χ1) is 13.9. The van der Waals surface area contributed by atoms with Crippen molar-refractivity contribution in [3.63, 3.8) is 0 Å². The highest BCUT2D eigenvalue weighted by Gasteiger charge is 2.37. The lowest BCUT2D eigenvalue weighted by molar-refractivity contribution is -0.113. The number of anilines is 1. The van der Waals surface area contributed by atoms with Crippen molar-refractivity contribution in [2.45, 2.75) is 6.92 Å². The summed E-state index contributed by atoms with van der Waals surface area (Å²) in [6.07, 6.45) is 1.65. The number of hydrogen-bond acceptors (Lipinski definition) is 4. The fourth-order valence-corrected chi connectivity index (χ4v) is 4.45. The Kier molecular flexibility index (Phi) is 4.97. The number of carbonyl (C=O) groups excluding carboxylic acids is 1. The van der Waals surface area contributed by atoms with Gasteiger partial charge in [0, 0.05) is 7.05 Å². The molecule has 1 aromatic heterocycles. The van der Waals surface area contributed by atoms with Gasteiger partial charge in [-0.3, -0.25) is 19.2 Å². The average Bonchev–Trinajstić information content (AvgIpc) is 3.10. The summed E-state index contributed by atoms with van der Waals surface area (Å²) in [6.45, 7) is 1.78. The van der Waals surface area contributed by atoms with Crippen LogP contribution >= 0.6 is 24.0 Å². The number of thiocarbonyl (C=S) groups is 1. The largest absolute Gasteiger partial charge is 0.296 e. The number of amides is 1. The standard InChI is InChI=1S/C21H16FN3O2S2/c1-13-18(20(27)25(23(13)2)16-6-4-3-5-7-16)24-19(26)17(29-21(24)28)12-14-8-10-15(22)11-9-14/h3-12H,1-2H3. The number of hydrogen-bond donors (Lipinski definition) is 0. The van der Waals surface area contributed by atoms with Crippen LogP contribution in [0.15, 0.2) is 64.3 Å². The molecule has 0 spiro atoms. The minimum Gasteiger partial charge on any atom is -0.283 e. The number of halogens is 1. The summed E-state index contributed by atoms with van der Waals surface area (Å²) in [5, 5.41) is 0. The summed E-state index contributed by atoms with van der Waals surface area (Å²) in [5.41, 5.74) is 1.91. The minimum absolute atomic E-state index is 0.237. The number of aromatic nitrogens is 2. The van der Waals surface area contributed by atoms with Gasteiger partial charge >= 0.3 is 0 Å². The van der Waals surface area contributed by atoms with Crippen LogP contribution in [-0.2, 0) is 11.8 Å². The molecule has 1 aliphatic heterocycles. The number of carbonyl (C=O) groups is 1. The molecule has 1 fully saturated rings. The van der Waals surface area contributed by atoms with Gasteiger partial charge in [0.2, 0.25) is 0 Å². The molecule has 2 aromatic carbocycles. The Morgan fingerprint density at radius 2 is 1.69 bits per heavy atom. The zero-order chi connectivity index (χ0) is 20.7. The summed E-state index contributed by atoms with van der Waals surface area (Å²) < 4.78 is 16.6. The van der Waals surface area contributed by atoms with Crippen LogP contribution in [0.3, 0.4) is 0 Å². The van der Waals surface area contributed by atoms with Crippen molar-refractivity contribution in [3.8, 4) is 5.69 Å².